The van der Waals surface area contributed by atoms with E-state index in [2.05, 4.69) is 5.32 Å². The van der Waals surface area contributed by atoms with Crippen LogP contribution in [0.2, 0.25) is 0 Å². The molecule has 2 atom stereocenters. The van der Waals surface area contributed by atoms with Gasteiger partial charge >= 0.3 is 6.09 Å². The molecule has 1 aliphatic carbocycles. The largest absolute Gasteiger partial charge is 0.444 e. The Hall–Kier alpha value is -1.10. The van der Waals surface area contributed by atoms with E-state index in [0.29, 0.717) is 12.3 Å². The van der Waals surface area contributed by atoms with Gasteiger partial charge in [-0.3, -0.25) is 4.79 Å². The molecule has 5 heteroatoms. The Kier molecular flexibility index (Phi) is 6.65. The van der Waals surface area contributed by atoms with Crippen molar-refractivity contribution in [3.8, 4) is 0 Å². The molecule has 1 fully saturated rings. The summed E-state index contributed by atoms with van der Waals surface area (Å²) in [5.74, 6) is 0.125. The standard InChI is InChI=1S/C16H29NO4/c1-11(18)14(19)13(10-12-8-6-5-7-9-12)17-15(20)21-16(2,3)4/h12-14,19H,5-10H2,1-4H3,(H,17,20). The topological polar surface area (TPSA) is 75.6 Å². The fourth-order valence-corrected chi connectivity index (χ4v) is 2.79. The van der Waals surface area contributed by atoms with E-state index in [1.807, 2.05) is 0 Å². The average Bonchev–Trinajstić information content (AvgIpc) is 2.36. The van der Waals surface area contributed by atoms with Gasteiger partial charge in [0, 0.05) is 0 Å². The number of nitrogens with one attached hydrogen (secondary N) is 1. The van der Waals surface area contributed by atoms with Gasteiger partial charge in [-0.25, -0.2) is 4.79 Å². The first-order valence-corrected chi connectivity index (χ1v) is 7.87. The summed E-state index contributed by atoms with van der Waals surface area (Å²) in [5.41, 5.74) is -0.597. The molecule has 1 saturated carbocycles. The maximum atomic E-state index is 11.9. The highest BCUT2D eigenvalue weighted by Gasteiger charge is 2.30. The van der Waals surface area contributed by atoms with Crippen LogP contribution in [0, 0.1) is 5.92 Å². The number of aliphatic hydroxyl groups is 1. The van der Waals surface area contributed by atoms with Crippen LogP contribution in [0.25, 0.3) is 0 Å². The molecule has 1 rings (SSSR count). The quantitative estimate of drug-likeness (QED) is 0.818. The molecule has 21 heavy (non-hydrogen) atoms. The zero-order valence-corrected chi connectivity index (χ0v) is 13.6. The van der Waals surface area contributed by atoms with Crippen LogP contribution in [0.15, 0.2) is 0 Å². The number of rotatable bonds is 5. The second kappa shape index (κ2) is 7.78. The number of ketones is 1. The van der Waals surface area contributed by atoms with Crippen LogP contribution >= 0.6 is 0 Å². The summed E-state index contributed by atoms with van der Waals surface area (Å²) in [6.07, 6.45) is 4.67. The van der Waals surface area contributed by atoms with E-state index < -0.39 is 23.8 Å². The maximum Gasteiger partial charge on any atom is 0.407 e. The minimum absolute atomic E-state index is 0.327. The monoisotopic (exact) mass is 299 g/mol. The summed E-state index contributed by atoms with van der Waals surface area (Å²) < 4.78 is 5.21. The van der Waals surface area contributed by atoms with E-state index in [0.717, 1.165) is 12.8 Å². The van der Waals surface area contributed by atoms with Gasteiger partial charge in [0.2, 0.25) is 0 Å². The number of carbonyl (C=O) groups excluding carboxylic acids is 2. The molecule has 0 saturated heterocycles. The van der Waals surface area contributed by atoms with E-state index in [1.54, 1.807) is 20.8 Å². The van der Waals surface area contributed by atoms with Crippen LogP contribution in [0.5, 0.6) is 0 Å². The molecule has 5 nitrogen and oxygen atoms in total. The van der Waals surface area contributed by atoms with Crippen molar-refractivity contribution in [2.24, 2.45) is 5.92 Å². The summed E-state index contributed by atoms with van der Waals surface area (Å²) in [6, 6.07) is -0.569. The van der Waals surface area contributed by atoms with E-state index in [1.165, 1.54) is 26.2 Å². The third-order valence-corrected chi connectivity index (χ3v) is 3.81. The lowest BCUT2D eigenvalue weighted by atomic mass is 9.83. The molecule has 0 aliphatic heterocycles. The smallest absolute Gasteiger partial charge is 0.407 e. The van der Waals surface area contributed by atoms with Crippen LogP contribution in [0.4, 0.5) is 4.79 Å². The highest BCUT2D eigenvalue weighted by Crippen LogP contribution is 2.28. The number of aliphatic hydroxyl groups excluding tert-OH is 1. The van der Waals surface area contributed by atoms with Crippen LogP contribution in [-0.4, -0.2) is 34.7 Å². The molecule has 0 aromatic heterocycles. The lowest BCUT2D eigenvalue weighted by Crippen LogP contribution is -2.48. The molecular weight excluding hydrogens is 270 g/mol. The zero-order chi connectivity index (χ0) is 16.0. The Bertz CT molecular complexity index is 356. The molecular formula is C16H29NO4. The number of amides is 1. The second-order valence-electron chi connectivity index (χ2n) is 7.05. The van der Waals surface area contributed by atoms with Crippen LogP contribution in [0.1, 0.15) is 66.2 Å². The summed E-state index contributed by atoms with van der Waals surface area (Å²) in [6.45, 7) is 6.69. The van der Waals surface area contributed by atoms with Gasteiger partial charge in [0.15, 0.2) is 5.78 Å². The normalized spacial score (nSPS) is 19.7. The minimum Gasteiger partial charge on any atom is -0.444 e. The second-order valence-corrected chi connectivity index (χ2v) is 7.05. The molecule has 1 aliphatic rings. The molecule has 1 amide bonds. The Morgan fingerprint density at radius 2 is 1.81 bits per heavy atom. The zero-order valence-electron chi connectivity index (χ0n) is 13.6. The van der Waals surface area contributed by atoms with Gasteiger partial charge in [-0.05, 0) is 40.0 Å². The predicted molar refractivity (Wildman–Crippen MR) is 81.0 cm³/mol. The molecule has 0 heterocycles. The van der Waals surface area contributed by atoms with Crippen molar-refractivity contribution in [2.45, 2.75) is 84.0 Å². The van der Waals surface area contributed by atoms with Crippen molar-refractivity contribution in [3.63, 3.8) is 0 Å². The van der Waals surface area contributed by atoms with Crippen molar-refractivity contribution >= 4 is 11.9 Å². The maximum absolute atomic E-state index is 11.9. The highest BCUT2D eigenvalue weighted by molar-refractivity contribution is 5.81. The molecule has 0 radical (unpaired) electrons. The van der Waals surface area contributed by atoms with Gasteiger partial charge in [0.05, 0.1) is 6.04 Å². The third kappa shape index (κ3) is 6.93. The fraction of sp³-hybridized carbons (Fsp3) is 0.875. The number of alkyl carbamates (subject to hydrolysis) is 1. The molecule has 0 spiro atoms. The Labute approximate surface area is 127 Å². The van der Waals surface area contributed by atoms with Gasteiger partial charge in [-0.1, -0.05) is 32.1 Å². The van der Waals surface area contributed by atoms with E-state index in [-0.39, 0.29) is 5.78 Å². The van der Waals surface area contributed by atoms with Gasteiger partial charge in [-0.15, -0.1) is 0 Å². The molecule has 0 aromatic carbocycles. The number of hydrogen-bond acceptors (Lipinski definition) is 4. The minimum atomic E-state index is -1.17. The molecule has 0 aromatic rings. The SMILES string of the molecule is CC(=O)C(O)C(CC1CCCCC1)NC(=O)OC(C)(C)C. The summed E-state index contributed by atoms with van der Waals surface area (Å²) >= 11 is 0. The first-order chi connectivity index (χ1) is 9.69. The van der Waals surface area contributed by atoms with Gasteiger partial charge < -0.3 is 15.2 Å². The van der Waals surface area contributed by atoms with Crippen molar-refractivity contribution < 1.29 is 19.4 Å². The van der Waals surface area contributed by atoms with Gasteiger partial charge in [0.25, 0.3) is 0 Å². The third-order valence-electron chi connectivity index (χ3n) is 3.81. The van der Waals surface area contributed by atoms with Crippen LogP contribution < -0.4 is 5.32 Å². The highest BCUT2D eigenvalue weighted by atomic mass is 16.6. The Morgan fingerprint density at radius 1 is 1.24 bits per heavy atom. The molecule has 122 valence electrons. The van der Waals surface area contributed by atoms with Crippen molar-refractivity contribution in [2.75, 3.05) is 0 Å². The molecule has 2 N–H and O–H groups in total. The Balaban J connectivity index is 2.63. The molecule has 0 bridgehead atoms. The predicted octanol–water partition coefficient (Wildman–Crippen LogP) is 2.80. The summed E-state index contributed by atoms with van der Waals surface area (Å²) in [4.78, 5) is 23.3. The van der Waals surface area contributed by atoms with E-state index in [4.69, 9.17) is 4.74 Å². The van der Waals surface area contributed by atoms with E-state index >= 15 is 0 Å². The van der Waals surface area contributed by atoms with Gasteiger partial charge in [0.1, 0.15) is 11.7 Å². The first-order valence-electron chi connectivity index (χ1n) is 7.87. The summed E-state index contributed by atoms with van der Waals surface area (Å²) in [5, 5.41) is 12.7. The number of Topliss-reactive ketones (excluding diaryl/α,β-unsaturated/α-hetero) is 1. The summed E-state index contributed by atoms with van der Waals surface area (Å²) in [7, 11) is 0. The van der Waals surface area contributed by atoms with E-state index in [9.17, 15) is 14.7 Å². The number of hydrogen-bond donors (Lipinski definition) is 2. The first kappa shape index (κ1) is 18.0. The van der Waals surface area contributed by atoms with Crippen LogP contribution in [0.3, 0.4) is 0 Å². The number of ether oxygens (including phenoxy) is 1. The van der Waals surface area contributed by atoms with Crippen molar-refractivity contribution in [1.29, 1.82) is 0 Å². The van der Waals surface area contributed by atoms with Crippen molar-refractivity contribution in [1.82, 2.24) is 5.32 Å². The van der Waals surface area contributed by atoms with Crippen LogP contribution in [-0.2, 0) is 9.53 Å². The van der Waals surface area contributed by atoms with Gasteiger partial charge in [-0.2, -0.15) is 0 Å². The number of carbonyl (C=O) groups is 2. The molecule has 2 unspecified atom stereocenters. The van der Waals surface area contributed by atoms with Crippen molar-refractivity contribution in [3.05, 3.63) is 0 Å². The Morgan fingerprint density at radius 3 is 2.29 bits per heavy atom. The average molecular weight is 299 g/mol. The fourth-order valence-electron chi connectivity index (χ4n) is 2.79. The lowest BCUT2D eigenvalue weighted by molar-refractivity contribution is -0.126. The lowest BCUT2D eigenvalue weighted by Gasteiger charge is -2.30.